The largest absolute Gasteiger partial charge is 0.457 e. The minimum absolute atomic E-state index is 0.00234. The number of pyridine rings is 1. The molecule has 7 nitrogen and oxygen atoms in total. The van der Waals surface area contributed by atoms with Crippen LogP contribution in [-0.4, -0.2) is 15.9 Å². The molecule has 0 aliphatic rings. The zero-order chi connectivity index (χ0) is 25.8. The minimum atomic E-state index is -0.460. The number of hydrogen-bond acceptors (Lipinski definition) is 6. The Bertz CT molecular complexity index is 1580. The lowest BCUT2D eigenvalue weighted by Gasteiger charge is -2.11. The number of carbonyl (C=O) groups is 1. The van der Waals surface area contributed by atoms with Crippen LogP contribution in [0.5, 0.6) is 11.5 Å². The number of ether oxygens (including phenoxy) is 2. The number of hydrogen-bond donors (Lipinski definition) is 0. The van der Waals surface area contributed by atoms with Crippen LogP contribution in [0, 0.1) is 17.0 Å². The molecule has 1 aromatic heterocycles. The Labute approximate surface area is 213 Å². The predicted octanol–water partition coefficient (Wildman–Crippen LogP) is 7.27. The quantitative estimate of drug-likeness (QED) is 0.135. The van der Waals surface area contributed by atoms with Crippen LogP contribution in [0.1, 0.15) is 21.5 Å². The van der Waals surface area contributed by atoms with Crippen LogP contribution in [0.25, 0.3) is 22.2 Å². The Hall–Kier alpha value is -5.04. The summed E-state index contributed by atoms with van der Waals surface area (Å²) in [7, 11) is 0. The Morgan fingerprint density at radius 1 is 0.865 bits per heavy atom. The van der Waals surface area contributed by atoms with Crippen molar-refractivity contribution >= 4 is 22.6 Å². The standard InChI is InChI=1S/C30H22N2O5/c1-20-6-10-22(11-7-20)29-18-27(26-4-2-3-5-28(26)31-29)30(33)36-19-21-8-14-24(15-9-21)37-25-16-12-23(13-17-25)32(34)35/h2-18H,19H2,1H3. The van der Waals surface area contributed by atoms with Gasteiger partial charge in [0.1, 0.15) is 18.1 Å². The molecule has 5 aromatic rings. The Balaban J connectivity index is 1.30. The average molecular weight is 491 g/mol. The van der Waals surface area contributed by atoms with Gasteiger partial charge in [-0.2, -0.15) is 0 Å². The number of nitro benzene ring substituents is 1. The molecule has 5 rings (SSSR count). The third-order valence-electron chi connectivity index (χ3n) is 5.86. The first-order valence-electron chi connectivity index (χ1n) is 11.6. The second kappa shape index (κ2) is 10.3. The molecule has 0 saturated carbocycles. The van der Waals surface area contributed by atoms with Gasteiger partial charge in [-0.15, -0.1) is 0 Å². The number of rotatable bonds is 7. The summed E-state index contributed by atoms with van der Waals surface area (Å²) in [4.78, 5) is 28.2. The molecule has 0 N–H and O–H groups in total. The molecule has 0 bridgehead atoms. The fourth-order valence-electron chi connectivity index (χ4n) is 3.87. The van der Waals surface area contributed by atoms with E-state index >= 15 is 0 Å². The molecule has 182 valence electrons. The zero-order valence-electron chi connectivity index (χ0n) is 20.0. The van der Waals surface area contributed by atoms with E-state index in [9.17, 15) is 14.9 Å². The van der Waals surface area contributed by atoms with Crippen LogP contribution in [0.15, 0.2) is 103 Å². The molecule has 0 unspecified atom stereocenters. The van der Waals surface area contributed by atoms with Crippen molar-refractivity contribution in [1.82, 2.24) is 4.98 Å². The summed E-state index contributed by atoms with van der Waals surface area (Å²) in [5, 5.41) is 11.5. The molecule has 0 amide bonds. The van der Waals surface area contributed by atoms with Crippen molar-refractivity contribution < 1.29 is 19.2 Å². The third kappa shape index (κ3) is 5.46. The van der Waals surface area contributed by atoms with E-state index in [1.54, 1.807) is 30.3 Å². The van der Waals surface area contributed by atoms with Gasteiger partial charge in [0.2, 0.25) is 0 Å². The molecule has 0 spiro atoms. The van der Waals surface area contributed by atoms with Crippen LogP contribution >= 0.6 is 0 Å². The van der Waals surface area contributed by atoms with Crippen LogP contribution in [0.2, 0.25) is 0 Å². The predicted molar refractivity (Wildman–Crippen MR) is 141 cm³/mol. The maximum atomic E-state index is 13.1. The number of aryl methyl sites for hydroxylation is 1. The van der Waals surface area contributed by atoms with E-state index in [-0.39, 0.29) is 12.3 Å². The lowest BCUT2D eigenvalue weighted by Crippen LogP contribution is -2.07. The molecule has 0 saturated heterocycles. The summed E-state index contributed by atoms with van der Waals surface area (Å²) >= 11 is 0. The van der Waals surface area contributed by atoms with Gasteiger partial charge >= 0.3 is 5.97 Å². The molecule has 0 radical (unpaired) electrons. The zero-order valence-corrected chi connectivity index (χ0v) is 20.0. The van der Waals surface area contributed by atoms with Crippen molar-refractivity contribution in [2.24, 2.45) is 0 Å². The number of carbonyl (C=O) groups excluding carboxylic acids is 1. The first-order chi connectivity index (χ1) is 18.0. The maximum absolute atomic E-state index is 13.1. The molecule has 37 heavy (non-hydrogen) atoms. The number of aromatic nitrogens is 1. The van der Waals surface area contributed by atoms with E-state index in [1.165, 1.54) is 24.3 Å². The van der Waals surface area contributed by atoms with Crippen molar-refractivity contribution in [3.05, 3.63) is 130 Å². The molecule has 0 fully saturated rings. The van der Waals surface area contributed by atoms with Gasteiger partial charge < -0.3 is 9.47 Å². The molecule has 0 atom stereocenters. The van der Waals surface area contributed by atoms with Gasteiger partial charge in [-0.25, -0.2) is 9.78 Å². The second-order valence-electron chi connectivity index (χ2n) is 8.51. The fraction of sp³-hybridized carbons (Fsp3) is 0.0667. The summed E-state index contributed by atoms with van der Waals surface area (Å²) in [6.45, 7) is 2.11. The van der Waals surface area contributed by atoms with E-state index in [1.807, 2.05) is 55.5 Å². The highest BCUT2D eigenvalue weighted by Gasteiger charge is 2.15. The number of esters is 1. The highest BCUT2D eigenvalue weighted by Crippen LogP contribution is 2.27. The van der Waals surface area contributed by atoms with E-state index in [0.717, 1.165) is 27.6 Å². The van der Waals surface area contributed by atoms with Crippen LogP contribution in [0.3, 0.4) is 0 Å². The van der Waals surface area contributed by atoms with Crippen molar-refractivity contribution in [2.45, 2.75) is 13.5 Å². The monoisotopic (exact) mass is 490 g/mol. The molecular weight excluding hydrogens is 468 g/mol. The lowest BCUT2D eigenvalue weighted by atomic mass is 10.0. The molecule has 1 heterocycles. The average Bonchev–Trinajstić information content (AvgIpc) is 2.92. The molecule has 4 aromatic carbocycles. The highest BCUT2D eigenvalue weighted by atomic mass is 16.6. The number of para-hydroxylation sites is 1. The first kappa shape index (κ1) is 23.7. The van der Waals surface area contributed by atoms with Gasteiger partial charge in [-0.1, -0.05) is 60.2 Å². The van der Waals surface area contributed by atoms with Gasteiger partial charge in [-0.3, -0.25) is 10.1 Å². The number of nitrogens with zero attached hydrogens (tertiary/aromatic N) is 2. The lowest BCUT2D eigenvalue weighted by molar-refractivity contribution is -0.384. The first-order valence-corrected chi connectivity index (χ1v) is 11.6. The van der Waals surface area contributed by atoms with Gasteiger partial charge in [0, 0.05) is 23.1 Å². The van der Waals surface area contributed by atoms with Gasteiger partial charge in [0.05, 0.1) is 21.7 Å². The normalized spacial score (nSPS) is 10.7. The number of benzene rings is 4. The SMILES string of the molecule is Cc1ccc(-c2cc(C(=O)OCc3ccc(Oc4ccc([N+](=O)[O-])cc4)cc3)c3ccccc3n2)cc1. The van der Waals surface area contributed by atoms with Crippen LogP contribution in [0.4, 0.5) is 5.69 Å². The number of fused-ring (bicyclic) bond motifs is 1. The Morgan fingerprint density at radius 2 is 1.51 bits per heavy atom. The van der Waals surface area contributed by atoms with Crippen molar-refractivity contribution in [3.8, 4) is 22.8 Å². The smallest absolute Gasteiger partial charge is 0.339 e. The van der Waals surface area contributed by atoms with Gasteiger partial charge in [0.15, 0.2) is 0 Å². The van der Waals surface area contributed by atoms with Crippen molar-refractivity contribution in [3.63, 3.8) is 0 Å². The van der Waals surface area contributed by atoms with E-state index in [2.05, 4.69) is 0 Å². The topological polar surface area (TPSA) is 91.6 Å². The summed E-state index contributed by atoms with van der Waals surface area (Å²) < 4.78 is 11.4. The molecule has 0 aliphatic heterocycles. The van der Waals surface area contributed by atoms with Crippen molar-refractivity contribution in [2.75, 3.05) is 0 Å². The fourth-order valence-corrected chi connectivity index (χ4v) is 3.87. The van der Waals surface area contributed by atoms with Crippen LogP contribution in [-0.2, 0) is 11.3 Å². The summed E-state index contributed by atoms with van der Waals surface area (Å²) in [6.07, 6.45) is 0. The minimum Gasteiger partial charge on any atom is -0.457 e. The highest BCUT2D eigenvalue weighted by molar-refractivity contribution is 6.04. The van der Waals surface area contributed by atoms with E-state index in [4.69, 9.17) is 14.5 Å². The number of nitro groups is 1. The molecule has 0 aliphatic carbocycles. The van der Waals surface area contributed by atoms with Crippen LogP contribution < -0.4 is 4.74 Å². The van der Waals surface area contributed by atoms with E-state index in [0.29, 0.717) is 22.8 Å². The van der Waals surface area contributed by atoms with Crippen molar-refractivity contribution in [1.29, 1.82) is 0 Å². The van der Waals surface area contributed by atoms with Gasteiger partial charge in [0.25, 0.3) is 5.69 Å². The summed E-state index contributed by atoms with van der Waals surface area (Å²) in [5.74, 6) is 0.615. The Kier molecular flexibility index (Phi) is 6.59. The number of non-ortho nitro benzene ring substituents is 1. The summed E-state index contributed by atoms with van der Waals surface area (Å²) in [6, 6.07) is 30.2. The third-order valence-corrected chi connectivity index (χ3v) is 5.86. The summed E-state index contributed by atoms with van der Waals surface area (Å²) in [5.41, 5.74) is 4.75. The molecule has 7 heteroatoms. The van der Waals surface area contributed by atoms with E-state index < -0.39 is 10.9 Å². The Morgan fingerprint density at radius 3 is 2.19 bits per heavy atom. The molecular formula is C30H22N2O5. The van der Waals surface area contributed by atoms with Gasteiger partial charge in [-0.05, 0) is 48.9 Å². The maximum Gasteiger partial charge on any atom is 0.339 e. The second-order valence-corrected chi connectivity index (χ2v) is 8.51.